The quantitative estimate of drug-likeness (QED) is 0.812. The van der Waals surface area contributed by atoms with E-state index in [0.717, 1.165) is 10.3 Å². The predicted octanol–water partition coefficient (Wildman–Crippen LogP) is 1.68. The van der Waals surface area contributed by atoms with Gasteiger partial charge in [-0.3, -0.25) is 9.59 Å². The molecule has 0 spiro atoms. The Labute approximate surface area is 137 Å². The van der Waals surface area contributed by atoms with Crippen molar-refractivity contribution in [2.24, 2.45) is 0 Å². The van der Waals surface area contributed by atoms with Crippen molar-refractivity contribution >= 4 is 51.5 Å². The summed E-state index contributed by atoms with van der Waals surface area (Å²) in [4.78, 5) is 27.6. The Morgan fingerprint density at radius 3 is 2.45 bits per heavy atom. The molecule has 1 aromatic heterocycles. The van der Waals surface area contributed by atoms with Crippen molar-refractivity contribution in [3.05, 3.63) is 20.8 Å². The molecule has 0 fully saturated rings. The molecule has 0 unspecified atom stereocenters. The smallest absolute Gasteiger partial charge is 0.264 e. The van der Waals surface area contributed by atoms with Gasteiger partial charge in [0, 0.05) is 27.2 Å². The summed E-state index contributed by atoms with van der Waals surface area (Å²) in [5, 5.41) is 2.98. The first-order valence-corrected chi connectivity index (χ1v) is 7.46. The third kappa shape index (κ3) is 5.78. The summed E-state index contributed by atoms with van der Waals surface area (Å²) in [5.74, 6) is -0.201. The molecule has 1 heterocycles. The van der Waals surface area contributed by atoms with E-state index in [-0.39, 0.29) is 30.8 Å². The average molecular weight is 385 g/mol. The van der Waals surface area contributed by atoms with Gasteiger partial charge in [-0.2, -0.15) is 0 Å². The van der Waals surface area contributed by atoms with E-state index in [1.54, 1.807) is 25.1 Å². The molecule has 0 aromatic carbocycles. The van der Waals surface area contributed by atoms with Crippen LogP contribution in [0.1, 0.15) is 9.67 Å². The molecule has 1 aromatic rings. The molecule has 1 rings (SSSR count). The highest BCUT2D eigenvalue weighted by Gasteiger charge is 2.18. The minimum absolute atomic E-state index is 0. The monoisotopic (exact) mass is 383 g/mol. The Kier molecular flexibility index (Phi) is 9.04. The highest BCUT2D eigenvalue weighted by Crippen LogP contribution is 2.22. The molecule has 0 saturated heterocycles. The van der Waals surface area contributed by atoms with Crippen molar-refractivity contribution in [3.63, 3.8) is 0 Å². The van der Waals surface area contributed by atoms with Crippen LogP contribution >= 0.6 is 39.7 Å². The zero-order valence-electron chi connectivity index (χ0n) is 11.7. The van der Waals surface area contributed by atoms with E-state index in [4.69, 9.17) is 0 Å². The maximum absolute atomic E-state index is 12.1. The second-order valence-corrected chi connectivity index (χ2v) is 6.65. The molecular weight excluding hydrogens is 366 g/mol. The number of carbonyl (C=O) groups is 2. The van der Waals surface area contributed by atoms with Crippen LogP contribution in [0.3, 0.4) is 0 Å². The van der Waals surface area contributed by atoms with Gasteiger partial charge in [-0.1, -0.05) is 0 Å². The first-order valence-electron chi connectivity index (χ1n) is 5.85. The lowest BCUT2D eigenvalue weighted by Crippen LogP contribution is -2.41. The second-order valence-electron chi connectivity index (χ2n) is 4.18. The Hall–Kier alpha value is -0.630. The zero-order valence-corrected chi connectivity index (χ0v) is 14.9. The van der Waals surface area contributed by atoms with Crippen molar-refractivity contribution in [3.8, 4) is 0 Å². The summed E-state index contributed by atoms with van der Waals surface area (Å²) < 4.78 is 0.904. The van der Waals surface area contributed by atoms with Crippen LogP contribution in [0.2, 0.25) is 0 Å². The SMILES string of the molecule is CNCCN(C)C(=O)CN(C)C(=O)c1ccc(Br)s1.Cl. The predicted molar refractivity (Wildman–Crippen MR) is 87.8 cm³/mol. The molecular formula is C12H19BrClN3O2S. The largest absolute Gasteiger partial charge is 0.343 e. The summed E-state index contributed by atoms with van der Waals surface area (Å²) in [7, 11) is 5.21. The number of hydrogen-bond donors (Lipinski definition) is 1. The van der Waals surface area contributed by atoms with Crippen LogP contribution < -0.4 is 5.32 Å². The second kappa shape index (κ2) is 9.33. The van der Waals surface area contributed by atoms with E-state index in [2.05, 4.69) is 21.2 Å². The number of amides is 2. The van der Waals surface area contributed by atoms with Crippen molar-refractivity contribution < 1.29 is 9.59 Å². The van der Waals surface area contributed by atoms with Crippen molar-refractivity contribution in [1.82, 2.24) is 15.1 Å². The Morgan fingerprint density at radius 2 is 1.95 bits per heavy atom. The number of thiophene rings is 1. The maximum Gasteiger partial charge on any atom is 0.264 e. The van der Waals surface area contributed by atoms with Crippen LogP contribution in [-0.4, -0.2) is 62.4 Å². The van der Waals surface area contributed by atoms with Gasteiger partial charge >= 0.3 is 0 Å². The van der Waals surface area contributed by atoms with Crippen LogP contribution in [0.5, 0.6) is 0 Å². The lowest BCUT2D eigenvalue weighted by molar-refractivity contribution is -0.130. The lowest BCUT2D eigenvalue weighted by atomic mass is 10.4. The molecule has 0 saturated carbocycles. The van der Waals surface area contributed by atoms with E-state index < -0.39 is 0 Å². The highest BCUT2D eigenvalue weighted by atomic mass is 79.9. The fraction of sp³-hybridized carbons (Fsp3) is 0.500. The summed E-state index contributed by atoms with van der Waals surface area (Å²) >= 11 is 4.68. The molecule has 2 amide bonds. The first-order chi connectivity index (χ1) is 8.95. The fourth-order valence-electron chi connectivity index (χ4n) is 1.42. The van der Waals surface area contributed by atoms with Gasteiger partial charge in [-0.15, -0.1) is 23.7 Å². The van der Waals surface area contributed by atoms with Crippen LogP contribution in [0.25, 0.3) is 0 Å². The molecule has 5 nitrogen and oxygen atoms in total. The van der Waals surface area contributed by atoms with Crippen LogP contribution in [0, 0.1) is 0 Å². The van der Waals surface area contributed by atoms with Gasteiger partial charge in [0.05, 0.1) is 15.2 Å². The summed E-state index contributed by atoms with van der Waals surface area (Å²) in [6.07, 6.45) is 0. The van der Waals surface area contributed by atoms with Gasteiger partial charge in [0.1, 0.15) is 0 Å². The molecule has 0 aliphatic heterocycles. The van der Waals surface area contributed by atoms with Crippen molar-refractivity contribution in [2.75, 3.05) is 40.8 Å². The van der Waals surface area contributed by atoms with Crippen molar-refractivity contribution in [2.45, 2.75) is 0 Å². The number of halogens is 2. The number of likely N-dealkylation sites (N-methyl/N-ethyl adjacent to an activating group) is 3. The topological polar surface area (TPSA) is 52.7 Å². The van der Waals surface area contributed by atoms with Crippen molar-refractivity contribution in [1.29, 1.82) is 0 Å². The van der Waals surface area contributed by atoms with Crippen LogP contribution in [-0.2, 0) is 4.79 Å². The minimum Gasteiger partial charge on any atom is -0.343 e. The average Bonchev–Trinajstić information content (AvgIpc) is 2.81. The normalized spacial score (nSPS) is 9.80. The van der Waals surface area contributed by atoms with Crippen LogP contribution in [0.15, 0.2) is 15.9 Å². The van der Waals surface area contributed by atoms with E-state index in [1.165, 1.54) is 16.2 Å². The molecule has 0 radical (unpaired) electrons. The number of nitrogens with zero attached hydrogens (tertiary/aromatic N) is 2. The van der Waals surface area contributed by atoms with Gasteiger partial charge in [0.25, 0.3) is 5.91 Å². The lowest BCUT2D eigenvalue weighted by Gasteiger charge is -2.21. The molecule has 114 valence electrons. The number of carbonyl (C=O) groups excluding carboxylic acids is 2. The third-order valence-electron chi connectivity index (χ3n) is 2.63. The van der Waals surface area contributed by atoms with E-state index in [0.29, 0.717) is 11.4 Å². The van der Waals surface area contributed by atoms with E-state index in [9.17, 15) is 9.59 Å². The summed E-state index contributed by atoms with van der Waals surface area (Å²) in [5.41, 5.74) is 0. The van der Waals surface area contributed by atoms with Gasteiger partial charge in [-0.25, -0.2) is 0 Å². The Balaban J connectivity index is 0.00000361. The molecule has 20 heavy (non-hydrogen) atoms. The Bertz CT molecular complexity index is 456. The van der Waals surface area contributed by atoms with Gasteiger partial charge in [0.15, 0.2) is 0 Å². The number of nitrogens with one attached hydrogen (secondary N) is 1. The van der Waals surface area contributed by atoms with Gasteiger partial charge < -0.3 is 15.1 Å². The summed E-state index contributed by atoms with van der Waals surface area (Å²) in [6.45, 7) is 1.45. The number of hydrogen-bond acceptors (Lipinski definition) is 4. The molecule has 0 atom stereocenters. The molecule has 8 heteroatoms. The van der Waals surface area contributed by atoms with Gasteiger partial charge in [-0.05, 0) is 35.1 Å². The summed E-state index contributed by atoms with van der Waals surface area (Å²) in [6, 6.07) is 3.58. The zero-order chi connectivity index (χ0) is 14.4. The standard InChI is InChI=1S/C12H18BrN3O2S.ClH/c1-14-6-7-15(2)11(17)8-16(3)12(18)9-4-5-10(13)19-9;/h4-5,14H,6-8H2,1-3H3;1H. The highest BCUT2D eigenvalue weighted by molar-refractivity contribution is 9.11. The van der Waals surface area contributed by atoms with E-state index in [1.807, 2.05) is 13.1 Å². The van der Waals surface area contributed by atoms with Crippen LogP contribution in [0.4, 0.5) is 0 Å². The maximum atomic E-state index is 12.1. The number of rotatable bonds is 6. The van der Waals surface area contributed by atoms with Gasteiger partial charge in [0.2, 0.25) is 5.91 Å². The minimum atomic E-state index is -0.133. The third-order valence-corrected chi connectivity index (χ3v) is 4.24. The van der Waals surface area contributed by atoms with E-state index >= 15 is 0 Å². The molecule has 1 N–H and O–H groups in total. The molecule has 0 bridgehead atoms. The Morgan fingerprint density at radius 1 is 1.30 bits per heavy atom. The molecule has 0 aliphatic carbocycles. The fourth-order valence-corrected chi connectivity index (χ4v) is 2.80. The first kappa shape index (κ1) is 19.4. The molecule has 0 aliphatic rings.